The van der Waals surface area contributed by atoms with E-state index >= 15 is 0 Å². The fraction of sp³-hybridized carbons (Fsp3) is 1.00. The fourth-order valence-corrected chi connectivity index (χ4v) is 0.596. The molecule has 0 aromatic heterocycles. The summed E-state index contributed by atoms with van der Waals surface area (Å²) >= 11 is 0. The molecule has 0 saturated carbocycles. The van der Waals surface area contributed by atoms with Gasteiger partial charge in [0.05, 0.1) is 0 Å². The Morgan fingerprint density at radius 2 is 1.11 bits per heavy atom. The summed E-state index contributed by atoms with van der Waals surface area (Å²) in [5.41, 5.74) is 0. The third kappa shape index (κ3) is 17.6. The Bertz CT molecular complexity index is 42.3. The van der Waals surface area contributed by atoms with Gasteiger partial charge in [-0.25, -0.2) is 0 Å². The first-order valence-electron chi connectivity index (χ1n) is 2.83. The van der Waals surface area contributed by atoms with E-state index in [0.29, 0.717) is 12.1 Å². The number of hydrogen-bond acceptors (Lipinski definition) is 0. The summed E-state index contributed by atoms with van der Waals surface area (Å²) in [6, 6.07) is 1.000. The zero-order chi connectivity index (χ0) is 5.86. The first-order valence-corrected chi connectivity index (χ1v) is 2.83. The van der Waals surface area contributed by atoms with Crippen LogP contribution in [0.15, 0.2) is 0 Å². The zero-order valence-electron chi connectivity index (χ0n) is 6.69. The van der Waals surface area contributed by atoms with Crippen molar-refractivity contribution in [3.8, 4) is 0 Å². The molecule has 0 amide bonds. The minimum Gasteiger partial charge on any atom is -1.00 e. The smallest absolute Gasteiger partial charge is 1.00 e. The van der Waals surface area contributed by atoms with Crippen molar-refractivity contribution in [2.75, 3.05) is 0 Å². The van der Waals surface area contributed by atoms with Crippen molar-refractivity contribution >= 4 is 23.1 Å². The second-order valence-corrected chi connectivity index (χ2v) is 2.34. The molecule has 0 atom stereocenters. The SMILES string of the molecule is CC(C)[N-]C(C)C.[Cl-].[Mg+2]. The largest absolute Gasteiger partial charge is 2.00 e. The summed E-state index contributed by atoms with van der Waals surface area (Å²) < 4.78 is 0. The van der Waals surface area contributed by atoms with Crippen molar-refractivity contribution in [3.63, 3.8) is 0 Å². The van der Waals surface area contributed by atoms with Gasteiger partial charge in [0.2, 0.25) is 0 Å². The van der Waals surface area contributed by atoms with Gasteiger partial charge in [-0.1, -0.05) is 27.7 Å². The topological polar surface area (TPSA) is 14.1 Å². The van der Waals surface area contributed by atoms with E-state index in [0.717, 1.165) is 0 Å². The van der Waals surface area contributed by atoms with E-state index in [1.807, 2.05) is 0 Å². The van der Waals surface area contributed by atoms with Crippen molar-refractivity contribution in [2.45, 2.75) is 39.8 Å². The molecule has 0 radical (unpaired) electrons. The fourth-order valence-electron chi connectivity index (χ4n) is 0.596. The van der Waals surface area contributed by atoms with E-state index in [1.54, 1.807) is 0 Å². The molecule has 0 aliphatic heterocycles. The molecule has 0 spiro atoms. The van der Waals surface area contributed by atoms with Gasteiger partial charge in [-0.2, -0.15) is 0 Å². The van der Waals surface area contributed by atoms with E-state index in [9.17, 15) is 0 Å². The van der Waals surface area contributed by atoms with Crippen LogP contribution in [0.2, 0.25) is 0 Å². The van der Waals surface area contributed by atoms with Crippen molar-refractivity contribution in [1.29, 1.82) is 0 Å². The molecule has 52 valence electrons. The maximum absolute atomic E-state index is 4.28. The summed E-state index contributed by atoms with van der Waals surface area (Å²) in [7, 11) is 0. The van der Waals surface area contributed by atoms with Crippen LogP contribution in [0.4, 0.5) is 0 Å². The monoisotopic (exact) mass is 159 g/mol. The first-order chi connectivity index (χ1) is 3.13. The van der Waals surface area contributed by atoms with Crippen molar-refractivity contribution < 1.29 is 12.4 Å². The summed E-state index contributed by atoms with van der Waals surface area (Å²) in [6.07, 6.45) is 0. The minimum absolute atomic E-state index is 0. The van der Waals surface area contributed by atoms with Crippen LogP contribution in [0.3, 0.4) is 0 Å². The molecule has 0 aromatic carbocycles. The summed E-state index contributed by atoms with van der Waals surface area (Å²) in [6.45, 7) is 8.39. The first kappa shape index (κ1) is 16.5. The Kier molecular flexibility index (Phi) is 16.6. The van der Waals surface area contributed by atoms with Gasteiger partial charge in [0.1, 0.15) is 0 Å². The van der Waals surface area contributed by atoms with E-state index < -0.39 is 0 Å². The molecule has 0 bridgehead atoms. The standard InChI is InChI=1S/C6H14N.ClH.Mg/c1-5(2)7-6(3)4;;/h5-6H,1-4H3;1H;/q-1;;+2/p-1. The number of hydrogen-bond donors (Lipinski definition) is 0. The van der Waals surface area contributed by atoms with Crippen LogP contribution >= 0.6 is 0 Å². The number of halogens is 1. The molecular formula is C6H14ClMgN. The average molecular weight is 160 g/mol. The molecule has 0 heterocycles. The maximum atomic E-state index is 4.28. The van der Waals surface area contributed by atoms with Crippen LogP contribution in [0.5, 0.6) is 0 Å². The van der Waals surface area contributed by atoms with Gasteiger partial charge < -0.3 is 17.7 Å². The molecule has 0 aliphatic carbocycles. The Morgan fingerprint density at radius 1 is 0.889 bits per heavy atom. The van der Waals surface area contributed by atoms with Crippen molar-refractivity contribution in [2.24, 2.45) is 0 Å². The third-order valence-corrected chi connectivity index (χ3v) is 0.596. The molecule has 1 nitrogen and oxygen atoms in total. The Labute approximate surface area is 80.5 Å². The van der Waals surface area contributed by atoms with Gasteiger partial charge in [-0.3, -0.25) is 0 Å². The van der Waals surface area contributed by atoms with Gasteiger partial charge in [0, 0.05) is 0 Å². The van der Waals surface area contributed by atoms with E-state index in [2.05, 4.69) is 33.0 Å². The molecular weight excluding hydrogens is 146 g/mol. The molecule has 0 aromatic rings. The molecule has 0 aliphatic rings. The third-order valence-electron chi connectivity index (χ3n) is 0.596. The van der Waals surface area contributed by atoms with Gasteiger partial charge in [0.15, 0.2) is 0 Å². The molecule has 0 fully saturated rings. The molecule has 9 heavy (non-hydrogen) atoms. The van der Waals surface area contributed by atoms with E-state index in [-0.39, 0.29) is 35.5 Å². The molecule has 0 unspecified atom stereocenters. The Balaban J connectivity index is -0.000000180. The number of nitrogens with zero attached hydrogens (tertiary/aromatic N) is 1. The van der Waals surface area contributed by atoms with Crippen LogP contribution in [-0.4, -0.2) is 35.1 Å². The van der Waals surface area contributed by atoms with E-state index in [1.165, 1.54) is 0 Å². The van der Waals surface area contributed by atoms with Crippen molar-refractivity contribution in [1.82, 2.24) is 0 Å². The predicted molar refractivity (Wildman–Crippen MR) is 39.4 cm³/mol. The predicted octanol–water partition coefficient (Wildman–Crippen LogP) is -1.20. The van der Waals surface area contributed by atoms with Gasteiger partial charge in [-0.05, 0) is 0 Å². The van der Waals surface area contributed by atoms with Crippen LogP contribution in [0, 0.1) is 0 Å². The quantitative estimate of drug-likeness (QED) is 0.450. The molecule has 0 rings (SSSR count). The second-order valence-electron chi connectivity index (χ2n) is 2.34. The summed E-state index contributed by atoms with van der Waals surface area (Å²) in [5.74, 6) is 0. The summed E-state index contributed by atoms with van der Waals surface area (Å²) in [4.78, 5) is 0. The number of rotatable bonds is 2. The van der Waals surface area contributed by atoms with Crippen LogP contribution in [0.25, 0.3) is 5.32 Å². The zero-order valence-corrected chi connectivity index (χ0v) is 8.86. The Morgan fingerprint density at radius 3 is 1.11 bits per heavy atom. The minimum atomic E-state index is 0. The van der Waals surface area contributed by atoms with E-state index in [4.69, 9.17) is 0 Å². The van der Waals surface area contributed by atoms with Crippen LogP contribution < -0.4 is 12.4 Å². The summed E-state index contributed by atoms with van der Waals surface area (Å²) in [5, 5.41) is 4.28. The maximum Gasteiger partial charge on any atom is 2.00 e. The van der Waals surface area contributed by atoms with Crippen molar-refractivity contribution in [3.05, 3.63) is 5.32 Å². The average Bonchev–Trinajstić information content (AvgIpc) is 1.27. The second kappa shape index (κ2) is 9.02. The molecule has 0 saturated heterocycles. The Hall–Kier alpha value is 1.02. The van der Waals surface area contributed by atoms with Crippen LogP contribution in [0.1, 0.15) is 27.7 Å². The van der Waals surface area contributed by atoms with Gasteiger partial charge >= 0.3 is 23.1 Å². The van der Waals surface area contributed by atoms with Gasteiger partial charge in [0.25, 0.3) is 0 Å². The molecule has 0 N–H and O–H groups in total. The van der Waals surface area contributed by atoms with Crippen LogP contribution in [-0.2, 0) is 0 Å². The molecule has 3 heteroatoms. The van der Waals surface area contributed by atoms with Gasteiger partial charge in [-0.15, -0.1) is 12.1 Å². The normalized spacial score (nSPS) is 8.67.